The van der Waals surface area contributed by atoms with Crippen molar-refractivity contribution >= 4 is 35.0 Å². The molecule has 1 aliphatic rings. The highest BCUT2D eigenvalue weighted by molar-refractivity contribution is 7.99. The van der Waals surface area contributed by atoms with Gasteiger partial charge in [-0.3, -0.25) is 9.69 Å². The molecule has 116 valence electrons. The zero-order valence-corrected chi connectivity index (χ0v) is 13.4. The number of anilines is 2. The molecule has 0 aliphatic carbocycles. The average Bonchev–Trinajstić information content (AvgIpc) is 2.57. The Morgan fingerprint density at radius 1 is 1.04 bits per heavy atom. The second kappa shape index (κ2) is 6.71. The van der Waals surface area contributed by atoms with Gasteiger partial charge in [0.2, 0.25) is 0 Å². The highest BCUT2D eigenvalue weighted by Gasteiger charge is 2.28. The molecule has 0 aromatic heterocycles. The minimum absolute atomic E-state index is 0.275. The lowest BCUT2D eigenvalue weighted by Gasteiger charge is -2.30. The van der Waals surface area contributed by atoms with Crippen LogP contribution in [0.2, 0.25) is 0 Å². The highest BCUT2D eigenvalue weighted by atomic mass is 32.2. The van der Waals surface area contributed by atoms with Crippen LogP contribution in [0, 0.1) is 0 Å². The van der Waals surface area contributed by atoms with Gasteiger partial charge in [0.25, 0.3) is 5.91 Å². The third-order valence-electron chi connectivity index (χ3n) is 3.32. The Morgan fingerprint density at radius 3 is 2.17 bits per heavy atom. The van der Waals surface area contributed by atoms with Gasteiger partial charge in [0.15, 0.2) is 6.61 Å². The summed E-state index contributed by atoms with van der Waals surface area (Å²) < 4.78 is 5.00. The van der Waals surface area contributed by atoms with Gasteiger partial charge in [0.05, 0.1) is 11.4 Å². The van der Waals surface area contributed by atoms with Crippen LogP contribution in [0.15, 0.2) is 70.5 Å². The number of allylic oxidation sites excluding steroid dienone is 1. The number of fused-ring (bicyclic) bond motifs is 2. The Hall–Kier alpha value is -2.53. The number of hydrogen-bond acceptors (Lipinski definition) is 4. The van der Waals surface area contributed by atoms with Crippen LogP contribution in [0.4, 0.5) is 11.4 Å². The molecule has 2 aromatic rings. The molecule has 0 spiro atoms. The molecular weight excluding hydrogens is 310 g/mol. The normalized spacial score (nSPS) is 12.7. The Morgan fingerprint density at radius 2 is 1.61 bits per heavy atom. The Kier molecular flexibility index (Phi) is 4.48. The van der Waals surface area contributed by atoms with Gasteiger partial charge in [-0.15, -0.1) is 0 Å². The summed E-state index contributed by atoms with van der Waals surface area (Å²) in [7, 11) is 0. The maximum atomic E-state index is 12.6. The molecule has 3 rings (SSSR count). The van der Waals surface area contributed by atoms with Gasteiger partial charge >= 0.3 is 5.97 Å². The molecule has 1 heterocycles. The van der Waals surface area contributed by atoms with Crippen LogP contribution in [0.25, 0.3) is 0 Å². The molecule has 0 N–H and O–H groups in total. The van der Waals surface area contributed by atoms with E-state index in [-0.39, 0.29) is 12.5 Å². The molecule has 0 saturated heterocycles. The molecule has 0 bridgehead atoms. The van der Waals surface area contributed by atoms with Crippen LogP contribution < -0.4 is 4.90 Å². The summed E-state index contributed by atoms with van der Waals surface area (Å²) in [6.45, 7) is 1.42. The summed E-state index contributed by atoms with van der Waals surface area (Å²) in [5, 5.41) is 0. The smallest absolute Gasteiger partial charge is 0.330 e. The molecule has 0 unspecified atom stereocenters. The van der Waals surface area contributed by atoms with Crippen molar-refractivity contribution in [2.45, 2.75) is 16.7 Å². The minimum atomic E-state index is -0.520. The number of benzene rings is 2. The quantitative estimate of drug-likeness (QED) is 0.633. The lowest BCUT2D eigenvalue weighted by molar-refractivity contribution is -0.142. The second-order valence-electron chi connectivity index (χ2n) is 4.87. The Labute approximate surface area is 138 Å². The van der Waals surface area contributed by atoms with Crippen molar-refractivity contribution in [3.05, 3.63) is 60.7 Å². The van der Waals surface area contributed by atoms with E-state index in [1.54, 1.807) is 29.7 Å². The molecule has 0 saturated carbocycles. The van der Waals surface area contributed by atoms with Crippen LogP contribution in [0.1, 0.15) is 6.92 Å². The number of esters is 1. The number of carbonyl (C=O) groups is 2. The molecule has 23 heavy (non-hydrogen) atoms. The van der Waals surface area contributed by atoms with Crippen molar-refractivity contribution in [3.8, 4) is 0 Å². The SMILES string of the molecule is C/C=C\C(=O)OCC(=O)N1c2ccccc2Sc2ccccc21. The summed E-state index contributed by atoms with van der Waals surface area (Å²) in [5.41, 5.74) is 1.62. The number of nitrogens with zero attached hydrogens (tertiary/aromatic N) is 1. The fourth-order valence-electron chi connectivity index (χ4n) is 2.35. The first-order chi connectivity index (χ1) is 11.2. The van der Waals surface area contributed by atoms with Gasteiger partial charge < -0.3 is 4.74 Å². The second-order valence-corrected chi connectivity index (χ2v) is 5.96. The largest absolute Gasteiger partial charge is 0.452 e. The van der Waals surface area contributed by atoms with Crippen LogP contribution in [-0.2, 0) is 14.3 Å². The summed E-state index contributed by atoms with van der Waals surface area (Å²) in [4.78, 5) is 27.7. The number of ether oxygens (including phenoxy) is 1. The highest BCUT2D eigenvalue weighted by Crippen LogP contribution is 2.47. The first-order valence-corrected chi connectivity index (χ1v) is 8.00. The van der Waals surface area contributed by atoms with Crippen LogP contribution >= 0.6 is 11.8 Å². The van der Waals surface area contributed by atoms with E-state index in [4.69, 9.17) is 4.74 Å². The van der Waals surface area contributed by atoms with E-state index in [1.807, 2.05) is 48.5 Å². The van der Waals surface area contributed by atoms with Crippen molar-refractivity contribution in [3.63, 3.8) is 0 Å². The van der Waals surface area contributed by atoms with Gasteiger partial charge in [0.1, 0.15) is 0 Å². The third-order valence-corrected chi connectivity index (χ3v) is 4.45. The summed E-state index contributed by atoms with van der Waals surface area (Å²) in [5.74, 6) is -0.795. The van der Waals surface area contributed by atoms with E-state index in [1.165, 1.54) is 6.08 Å². The average molecular weight is 325 g/mol. The molecular formula is C18H15NO3S. The van der Waals surface area contributed by atoms with E-state index >= 15 is 0 Å². The number of amides is 1. The predicted molar refractivity (Wildman–Crippen MR) is 89.9 cm³/mol. The molecule has 5 heteroatoms. The molecule has 2 aromatic carbocycles. The number of hydrogen-bond donors (Lipinski definition) is 0. The van der Waals surface area contributed by atoms with Gasteiger partial charge in [-0.25, -0.2) is 4.79 Å². The van der Waals surface area contributed by atoms with Crippen molar-refractivity contribution in [2.75, 3.05) is 11.5 Å². The molecule has 1 aliphatic heterocycles. The van der Waals surface area contributed by atoms with E-state index < -0.39 is 5.97 Å². The van der Waals surface area contributed by atoms with Crippen molar-refractivity contribution in [2.24, 2.45) is 0 Å². The van der Waals surface area contributed by atoms with Crippen LogP contribution in [0.5, 0.6) is 0 Å². The first kappa shape index (κ1) is 15.4. The van der Waals surface area contributed by atoms with Crippen LogP contribution in [0.3, 0.4) is 0 Å². The first-order valence-electron chi connectivity index (χ1n) is 7.19. The Bertz CT molecular complexity index is 740. The topological polar surface area (TPSA) is 46.6 Å². The monoisotopic (exact) mass is 325 g/mol. The summed E-state index contributed by atoms with van der Waals surface area (Å²) in [6.07, 6.45) is 2.87. The maximum Gasteiger partial charge on any atom is 0.330 e. The number of rotatable bonds is 3. The minimum Gasteiger partial charge on any atom is -0.452 e. The Balaban J connectivity index is 1.92. The number of para-hydroxylation sites is 2. The molecule has 0 atom stereocenters. The maximum absolute atomic E-state index is 12.6. The predicted octanol–water partition coefficient (Wildman–Crippen LogP) is 3.94. The van der Waals surface area contributed by atoms with E-state index in [0.717, 1.165) is 21.2 Å². The third kappa shape index (κ3) is 3.14. The summed E-state index contributed by atoms with van der Waals surface area (Å²) >= 11 is 1.62. The zero-order chi connectivity index (χ0) is 16.2. The van der Waals surface area contributed by atoms with Gasteiger partial charge in [0, 0.05) is 15.9 Å². The van der Waals surface area contributed by atoms with E-state index in [2.05, 4.69) is 0 Å². The van der Waals surface area contributed by atoms with E-state index in [9.17, 15) is 9.59 Å². The van der Waals surface area contributed by atoms with Crippen molar-refractivity contribution in [1.29, 1.82) is 0 Å². The van der Waals surface area contributed by atoms with Gasteiger partial charge in [-0.1, -0.05) is 42.1 Å². The standard InChI is InChI=1S/C18H15NO3S/c1-2-7-18(21)22-12-17(20)19-13-8-3-5-10-15(13)23-16-11-6-4-9-14(16)19/h2-11H,12H2,1H3/b7-2-. The number of carbonyl (C=O) groups excluding carboxylic acids is 2. The molecule has 1 amide bonds. The fourth-order valence-corrected chi connectivity index (χ4v) is 3.41. The molecule has 4 nitrogen and oxygen atoms in total. The lowest BCUT2D eigenvalue weighted by atomic mass is 10.2. The summed E-state index contributed by atoms with van der Waals surface area (Å²) in [6, 6.07) is 15.4. The van der Waals surface area contributed by atoms with Gasteiger partial charge in [-0.2, -0.15) is 0 Å². The van der Waals surface area contributed by atoms with Crippen LogP contribution in [-0.4, -0.2) is 18.5 Å². The lowest BCUT2D eigenvalue weighted by Crippen LogP contribution is -2.32. The fraction of sp³-hybridized carbons (Fsp3) is 0.111. The van der Waals surface area contributed by atoms with Crippen molar-refractivity contribution < 1.29 is 14.3 Å². The zero-order valence-electron chi connectivity index (χ0n) is 12.6. The molecule has 0 fully saturated rings. The van der Waals surface area contributed by atoms with Crippen molar-refractivity contribution in [1.82, 2.24) is 0 Å². The molecule has 0 radical (unpaired) electrons. The van der Waals surface area contributed by atoms with E-state index in [0.29, 0.717) is 0 Å². The van der Waals surface area contributed by atoms with Gasteiger partial charge in [-0.05, 0) is 31.2 Å².